The Bertz CT molecular complexity index is 1040. The number of halogens is 1. The highest BCUT2D eigenvalue weighted by molar-refractivity contribution is 7.18. The number of aryl methyl sites for hydroxylation is 1. The highest BCUT2D eigenvalue weighted by Gasteiger charge is 2.32. The summed E-state index contributed by atoms with van der Waals surface area (Å²) in [5.41, 5.74) is 1.98. The van der Waals surface area contributed by atoms with Crippen molar-refractivity contribution in [3.05, 3.63) is 58.9 Å². The summed E-state index contributed by atoms with van der Waals surface area (Å²) in [6.07, 6.45) is 0. The van der Waals surface area contributed by atoms with Gasteiger partial charge in [0.05, 0.1) is 15.2 Å². The van der Waals surface area contributed by atoms with E-state index in [0.717, 1.165) is 33.9 Å². The van der Waals surface area contributed by atoms with Crippen LogP contribution in [0.2, 0.25) is 0 Å². The van der Waals surface area contributed by atoms with Crippen molar-refractivity contribution < 1.29 is 13.9 Å². The Morgan fingerprint density at radius 2 is 1.93 bits per heavy atom. The summed E-state index contributed by atoms with van der Waals surface area (Å²) in [6.45, 7) is 8.35. The molecule has 2 heterocycles. The quantitative estimate of drug-likeness (QED) is 0.611. The van der Waals surface area contributed by atoms with Crippen LogP contribution in [0.5, 0.6) is 5.75 Å². The van der Waals surface area contributed by atoms with Gasteiger partial charge in [-0.2, -0.15) is 0 Å². The number of rotatable bonds is 5. The molecule has 1 fully saturated rings. The monoisotopic (exact) mass is 427 g/mol. The Hall–Kier alpha value is -2.51. The van der Waals surface area contributed by atoms with Crippen molar-refractivity contribution in [2.24, 2.45) is 0 Å². The first-order valence-electron chi connectivity index (χ1n) is 10.2. The van der Waals surface area contributed by atoms with Crippen LogP contribution in [-0.4, -0.2) is 52.5 Å². The standard InChI is InChI=1S/C23H26FN3O2S/c1-15-12-27(16(2)11-26(15)13-18-4-6-19(24)7-5-18)23(28)14-29-20-8-9-22-21(10-20)25-17(3)30-22/h4-10,15-16H,11-14H2,1-3H3/t15-,16+/m0/s1. The molecule has 158 valence electrons. The molecule has 0 spiro atoms. The third kappa shape index (κ3) is 4.63. The first-order chi connectivity index (χ1) is 14.4. The number of aromatic nitrogens is 1. The minimum atomic E-state index is -0.223. The summed E-state index contributed by atoms with van der Waals surface area (Å²) in [6, 6.07) is 12.7. The number of thiazole rings is 1. The van der Waals surface area contributed by atoms with Crippen molar-refractivity contribution in [1.82, 2.24) is 14.8 Å². The first-order valence-corrected chi connectivity index (χ1v) is 11.0. The van der Waals surface area contributed by atoms with Crippen molar-refractivity contribution in [3.63, 3.8) is 0 Å². The van der Waals surface area contributed by atoms with Gasteiger partial charge < -0.3 is 9.64 Å². The van der Waals surface area contributed by atoms with Gasteiger partial charge in [0, 0.05) is 37.8 Å². The molecule has 0 unspecified atom stereocenters. The number of piperazine rings is 1. The average molecular weight is 428 g/mol. The average Bonchev–Trinajstić information content (AvgIpc) is 3.09. The number of fused-ring (bicyclic) bond motifs is 1. The van der Waals surface area contributed by atoms with E-state index in [-0.39, 0.29) is 30.4 Å². The van der Waals surface area contributed by atoms with Crippen molar-refractivity contribution in [2.75, 3.05) is 19.7 Å². The third-order valence-corrected chi connectivity index (χ3v) is 6.51. The van der Waals surface area contributed by atoms with Gasteiger partial charge in [-0.1, -0.05) is 12.1 Å². The number of benzene rings is 2. The molecule has 2 atom stereocenters. The lowest BCUT2D eigenvalue weighted by Crippen LogP contribution is -2.58. The molecule has 1 aliphatic heterocycles. The van der Waals surface area contributed by atoms with E-state index < -0.39 is 0 Å². The first kappa shape index (κ1) is 20.8. The van der Waals surface area contributed by atoms with Crippen LogP contribution in [0.1, 0.15) is 24.4 Å². The molecule has 4 rings (SSSR count). The van der Waals surface area contributed by atoms with Gasteiger partial charge in [-0.05, 0) is 50.6 Å². The minimum Gasteiger partial charge on any atom is -0.484 e. The largest absolute Gasteiger partial charge is 0.484 e. The molecule has 1 amide bonds. The maximum Gasteiger partial charge on any atom is 0.260 e. The summed E-state index contributed by atoms with van der Waals surface area (Å²) in [5, 5.41) is 1.01. The molecular formula is C23H26FN3O2S. The van der Waals surface area contributed by atoms with Gasteiger partial charge in [0.1, 0.15) is 11.6 Å². The maximum atomic E-state index is 13.1. The van der Waals surface area contributed by atoms with E-state index in [2.05, 4.69) is 23.7 Å². The molecule has 0 aliphatic carbocycles. The topological polar surface area (TPSA) is 45.7 Å². The number of nitrogens with zero attached hydrogens (tertiary/aromatic N) is 3. The van der Waals surface area contributed by atoms with Gasteiger partial charge in [-0.25, -0.2) is 9.37 Å². The lowest BCUT2D eigenvalue weighted by atomic mass is 10.1. The number of carbonyl (C=O) groups excluding carboxylic acids is 1. The predicted molar refractivity (Wildman–Crippen MR) is 117 cm³/mol. The van der Waals surface area contributed by atoms with E-state index in [1.165, 1.54) is 12.1 Å². The van der Waals surface area contributed by atoms with Gasteiger partial charge >= 0.3 is 0 Å². The Kier molecular flexibility index (Phi) is 6.01. The van der Waals surface area contributed by atoms with E-state index in [9.17, 15) is 9.18 Å². The fraction of sp³-hybridized carbons (Fsp3) is 0.391. The summed E-state index contributed by atoms with van der Waals surface area (Å²) < 4.78 is 20.0. The van der Waals surface area contributed by atoms with Gasteiger partial charge in [0.2, 0.25) is 0 Å². The molecule has 7 heteroatoms. The highest BCUT2D eigenvalue weighted by Crippen LogP contribution is 2.26. The normalized spacial score (nSPS) is 19.9. The number of hydrogen-bond acceptors (Lipinski definition) is 5. The number of ether oxygens (including phenoxy) is 1. The highest BCUT2D eigenvalue weighted by atomic mass is 32.1. The smallest absolute Gasteiger partial charge is 0.260 e. The summed E-state index contributed by atoms with van der Waals surface area (Å²) in [7, 11) is 0. The summed E-state index contributed by atoms with van der Waals surface area (Å²) in [4.78, 5) is 21.5. The van der Waals surface area contributed by atoms with Crippen LogP contribution in [0.4, 0.5) is 4.39 Å². The van der Waals surface area contributed by atoms with E-state index in [0.29, 0.717) is 12.3 Å². The second-order valence-corrected chi connectivity index (χ2v) is 9.19. The molecule has 2 aromatic carbocycles. The zero-order valence-corrected chi connectivity index (χ0v) is 18.3. The number of hydrogen-bond donors (Lipinski definition) is 0. The Morgan fingerprint density at radius 3 is 2.70 bits per heavy atom. The molecule has 3 aromatic rings. The fourth-order valence-corrected chi connectivity index (χ4v) is 4.74. The molecule has 1 aliphatic rings. The molecule has 0 N–H and O–H groups in total. The van der Waals surface area contributed by atoms with E-state index in [4.69, 9.17) is 4.74 Å². The van der Waals surface area contributed by atoms with Crippen LogP contribution in [0, 0.1) is 12.7 Å². The van der Waals surface area contributed by atoms with E-state index in [1.807, 2.05) is 42.2 Å². The van der Waals surface area contributed by atoms with Crippen LogP contribution < -0.4 is 4.74 Å². The van der Waals surface area contributed by atoms with Crippen molar-refractivity contribution in [3.8, 4) is 5.75 Å². The van der Waals surface area contributed by atoms with Crippen molar-refractivity contribution >= 4 is 27.5 Å². The third-order valence-electron chi connectivity index (χ3n) is 5.56. The minimum absolute atomic E-state index is 0.00895. The number of carbonyl (C=O) groups is 1. The lowest BCUT2D eigenvalue weighted by Gasteiger charge is -2.44. The van der Waals surface area contributed by atoms with E-state index >= 15 is 0 Å². The van der Waals surface area contributed by atoms with Gasteiger partial charge in [-0.3, -0.25) is 9.69 Å². The molecule has 1 aromatic heterocycles. The molecule has 1 saturated heterocycles. The van der Waals surface area contributed by atoms with Gasteiger partial charge in [-0.15, -0.1) is 11.3 Å². The van der Waals surface area contributed by atoms with Crippen LogP contribution in [0.25, 0.3) is 10.2 Å². The summed E-state index contributed by atoms with van der Waals surface area (Å²) >= 11 is 1.64. The molecule has 5 nitrogen and oxygen atoms in total. The molecule has 0 radical (unpaired) electrons. The van der Waals surface area contributed by atoms with Crippen LogP contribution in [0.15, 0.2) is 42.5 Å². The van der Waals surface area contributed by atoms with Crippen LogP contribution >= 0.6 is 11.3 Å². The lowest BCUT2D eigenvalue weighted by molar-refractivity contribution is -0.139. The Balaban J connectivity index is 1.34. The predicted octanol–water partition coefficient (Wildman–Crippen LogP) is 4.24. The zero-order chi connectivity index (χ0) is 21.3. The Labute approximate surface area is 180 Å². The molecule has 30 heavy (non-hydrogen) atoms. The number of amides is 1. The fourth-order valence-electron chi connectivity index (χ4n) is 3.93. The summed E-state index contributed by atoms with van der Waals surface area (Å²) in [5.74, 6) is 0.432. The molecule has 0 bridgehead atoms. The zero-order valence-electron chi connectivity index (χ0n) is 17.5. The molecule has 0 saturated carbocycles. The maximum absolute atomic E-state index is 13.1. The van der Waals surface area contributed by atoms with Crippen LogP contribution in [-0.2, 0) is 11.3 Å². The second-order valence-electron chi connectivity index (χ2n) is 7.95. The van der Waals surface area contributed by atoms with Gasteiger partial charge in [0.25, 0.3) is 5.91 Å². The Morgan fingerprint density at radius 1 is 1.17 bits per heavy atom. The second kappa shape index (κ2) is 8.70. The van der Waals surface area contributed by atoms with Crippen molar-refractivity contribution in [1.29, 1.82) is 0 Å². The SMILES string of the molecule is Cc1nc2cc(OCC(=O)N3C[C@H](C)N(Cc4ccc(F)cc4)C[C@H]3C)ccc2s1. The molecular weight excluding hydrogens is 401 g/mol. The van der Waals surface area contributed by atoms with Crippen molar-refractivity contribution in [2.45, 2.75) is 39.4 Å². The van der Waals surface area contributed by atoms with E-state index in [1.54, 1.807) is 11.3 Å². The van der Waals surface area contributed by atoms with Crippen LogP contribution in [0.3, 0.4) is 0 Å². The van der Waals surface area contributed by atoms with Gasteiger partial charge in [0.15, 0.2) is 6.61 Å².